The molecule has 2 rings (SSSR count). The van der Waals surface area contributed by atoms with Gasteiger partial charge in [0.25, 0.3) is 0 Å². The zero-order valence-corrected chi connectivity index (χ0v) is 8.60. The van der Waals surface area contributed by atoms with Gasteiger partial charge in [0.1, 0.15) is 0 Å². The molecule has 1 saturated heterocycles. The molecule has 2 heteroatoms. The summed E-state index contributed by atoms with van der Waals surface area (Å²) >= 11 is 0. The fraction of sp³-hybridized carbons (Fsp3) is 0.909. The molecule has 1 unspecified atom stereocenters. The van der Waals surface area contributed by atoms with Crippen LogP contribution in [0.4, 0.5) is 0 Å². The van der Waals surface area contributed by atoms with E-state index in [9.17, 15) is 4.79 Å². The Morgan fingerprint density at radius 2 is 2.23 bits per heavy atom. The quantitative estimate of drug-likeness (QED) is 0.709. The number of hydrogen-bond donors (Lipinski definition) is 1. The first-order chi connectivity index (χ1) is 6.12. The maximum absolute atomic E-state index is 11.3. The predicted molar refractivity (Wildman–Crippen MR) is 52.3 cm³/mol. The van der Waals surface area contributed by atoms with Crippen molar-refractivity contribution in [2.24, 2.45) is 11.8 Å². The minimum Gasteiger partial charge on any atom is -0.350 e. The third-order valence-corrected chi connectivity index (χ3v) is 3.64. The van der Waals surface area contributed by atoms with Gasteiger partial charge in [-0.3, -0.25) is 4.79 Å². The Hall–Kier alpha value is -0.530. The highest BCUT2D eigenvalue weighted by Gasteiger charge is 2.43. The van der Waals surface area contributed by atoms with Crippen molar-refractivity contribution in [3.05, 3.63) is 0 Å². The van der Waals surface area contributed by atoms with Crippen molar-refractivity contribution in [2.75, 3.05) is 0 Å². The van der Waals surface area contributed by atoms with Gasteiger partial charge >= 0.3 is 0 Å². The van der Waals surface area contributed by atoms with E-state index in [4.69, 9.17) is 0 Å². The summed E-state index contributed by atoms with van der Waals surface area (Å²) in [6.07, 6.45) is 5.77. The monoisotopic (exact) mass is 181 g/mol. The van der Waals surface area contributed by atoms with Crippen molar-refractivity contribution in [2.45, 2.75) is 51.5 Å². The summed E-state index contributed by atoms with van der Waals surface area (Å²) in [6, 6.07) is 0. The molecule has 1 aliphatic heterocycles. The molecule has 1 heterocycles. The Balaban J connectivity index is 2.05. The van der Waals surface area contributed by atoms with Gasteiger partial charge in [-0.15, -0.1) is 0 Å². The van der Waals surface area contributed by atoms with E-state index in [0.717, 1.165) is 18.8 Å². The summed E-state index contributed by atoms with van der Waals surface area (Å²) in [5.74, 6) is 1.75. The Labute approximate surface area is 80.1 Å². The van der Waals surface area contributed by atoms with E-state index >= 15 is 0 Å². The lowest BCUT2D eigenvalue weighted by atomic mass is 9.80. The van der Waals surface area contributed by atoms with Crippen LogP contribution in [0.15, 0.2) is 0 Å². The Bertz CT molecular complexity index is 220. The summed E-state index contributed by atoms with van der Waals surface area (Å²) in [4.78, 5) is 11.3. The van der Waals surface area contributed by atoms with Crippen molar-refractivity contribution < 1.29 is 4.79 Å². The van der Waals surface area contributed by atoms with Crippen molar-refractivity contribution >= 4 is 5.91 Å². The molecule has 0 bridgehead atoms. The number of nitrogens with one attached hydrogen (secondary N) is 1. The van der Waals surface area contributed by atoms with E-state index < -0.39 is 0 Å². The molecular weight excluding hydrogens is 162 g/mol. The number of hydrogen-bond acceptors (Lipinski definition) is 1. The molecule has 0 aromatic carbocycles. The molecule has 2 fully saturated rings. The van der Waals surface area contributed by atoms with E-state index in [1.807, 2.05) is 0 Å². The topological polar surface area (TPSA) is 29.1 Å². The second-order valence-electron chi connectivity index (χ2n) is 5.01. The van der Waals surface area contributed by atoms with Crippen LogP contribution in [-0.4, -0.2) is 11.4 Å². The largest absolute Gasteiger partial charge is 0.350 e. The van der Waals surface area contributed by atoms with Crippen LogP contribution in [0.5, 0.6) is 0 Å². The van der Waals surface area contributed by atoms with E-state index in [1.54, 1.807) is 0 Å². The molecule has 0 aromatic heterocycles. The summed E-state index contributed by atoms with van der Waals surface area (Å²) in [7, 11) is 0. The van der Waals surface area contributed by atoms with Crippen molar-refractivity contribution in [1.29, 1.82) is 0 Å². The van der Waals surface area contributed by atoms with Gasteiger partial charge < -0.3 is 5.32 Å². The maximum atomic E-state index is 11.3. The zero-order chi connectivity index (χ0) is 9.47. The average molecular weight is 181 g/mol. The number of rotatable bonds is 3. The summed E-state index contributed by atoms with van der Waals surface area (Å²) < 4.78 is 0. The number of carbonyl (C=O) groups is 1. The Kier molecular flexibility index (Phi) is 2.09. The minimum atomic E-state index is 0.151. The summed E-state index contributed by atoms with van der Waals surface area (Å²) in [5.41, 5.74) is 0.151. The van der Waals surface area contributed by atoms with Gasteiger partial charge in [0.15, 0.2) is 0 Å². The molecule has 1 atom stereocenters. The lowest BCUT2D eigenvalue weighted by molar-refractivity contribution is -0.120. The lowest BCUT2D eigenvalue weighted by Gasteiger charge is -2.33. The fourth-order valence-electron chi connectivity index (χ4n) is 2.40. The third-order valence-electron chi connectivity index (χ3n) is 3.64. The van der Waals surface area contributed by atoms with Gasteiger partial charge in [0.05, 0.1) is 0 Å². The van der Waals surface area contributed by atoms with Gasteiger partial charge in [-0.2, -0.15) is 0 Å². The van der Waals surface area contributed by atoms with Gasteiger partial charge in [-0.25, -0.2) is 0 Å². The van der Waals surface area contributed by atoms with Crippen LogP contribution in [0.1, 0.15) is 46.0 Å². The van der Waals surface area contributed by atoms with Crippen molar-refractivity contribution in [1.82, 2.24) is 5.32 Å². The zero-order valence-electron chi connectivity index (χ0n) is 8.60. The van der Waals surface area contributed by atoms with Crippen LogP contribution in [0.2, 0.25) is 0 Å². The molecule has 0 radical (unpaired) electrons. The minimum absolute atomic E-state index is 0.151. The number of carbonyl (C=O) groups excluding carboxylic acids is 1. The highest BCUT2D eigenvalue weighted by atomic mass is 16.2. The Morgan fingerprint density at radius 1 is 1.54 bits per heavy atom. The van der Waals surface area contributed by atoms with Gasteiger partial charge in [0, 0.05) is 12.0 Å². The average Bonchev–Trinajstić information content (AvgIpc) is 2.76. The molecule has 74 valence electrons. The first-order valence-corrected chi connectivity index (χ1v) is 5.43. The normalized spacial score (nSPS) is 33.9. The maximum Gasteiger partial charge on any atom is 0.220 e. The Morgan fingerprint density at radius 3 is 2.62 bits per heavy atom. The molecule has 0 aromatic rings. The standard InChI is InChI=1S/C11H19NO/c1-8(2)11(7-9-3-4-9)6-5-10(13)12-11/h8-9H,3-7H2,1-2H3,(H,12,13). The third kappa shape index (κ3) is 1.72. The van der Waals surface area contributed by atoms with Crippen LogP contribution in [0.3, 0.4) is 0 Å². The second kappa shape index (κ2) is 3.00. The second-order valence-corrected chi connectivity index (χ2v) is 5.01. The van der Waals surface area contributed by atoms with E-state index in [1.165, 1.54) is 19.3 Å². The summed E-state index contributed by atoms with van der Waals surface area (Å²) in [6.45, 7) is 4.46. The molecule has 1 amide bonds. The number of amides is 1. The van der Waals surface area contributed by atoms with Crippen LogP contribution in [0, 0.1) is 11.8 Å². The fourth-order valence-corrected chi connectivity index (χ4v) is 2.40. The van der Waals surface area contributed by atoms with E-state index in [2.05, 4.69) is 19.2 Å². The van der Waals surface area contributed by atoms with Crippen molar-refractivity contribution in [3.63, 3.8) is 0 Å². The highest BCUT2D eigenvalue weighted by molar-refractivity contribution is 5.79. The van der Waals surface area contributed by atoms with Gasteiger partial charge in [0.2, 0.25) is 5.91 Å². The molecule has 2 aliphatic rings. The smallest absolute Gasteiger partial charge is 0.220 e. The molecule has 1 aliphatic carbocycles. The molecule has 1 N–H and O–H groups in total. The van der Waals surface area contributed by atoms with Gasteiger partial charge in [-0.1, -0.05) is 26.7 Å². The first kappa shape index (κ1) is 9.04. The molecule has 2 nitrogen and oxygen atoms in total. The summed E-state index contributed by atoms with van der Waals surface area (Å²) in [5, 5.41) is 3.20. The first-order valence-electron chi connectivity index (χ1n) is 5.43. The van der Waals surface area contributed by atoms with Gasteiger partial charge in [-0.05, 0) is 24.7 Å². The van der Waals surface area contributed by atoms with Crippen molar-refractivity contribution in [3.8, 4) is 0 Å². The van der Waals surface area contributed by atoms with Crippen LogP contribution < -0.4 is 5.32 Å². The van der Waals surface area contributed by atoms with Crippen LogP contribution in [-0.2, 0) is 4.79 Å². The molecule has 1 saturated carbocycles. The predicted octanol–water partition coefficient (Wildman–Crippen LogP) is 2.09. The molecule has 0 spiro atoms. The highest BCUT2D eigenvalue weighted by Crippen LogP contribution is 2.42. The molecular formula is C11H19NO. The van der Waals surface area contributed by atoms with Crippen LogP contribution in [0.25, 0.3) is 0 Å². The van der Waals surface area contributed by atoms with E-state index in [-0.39, 0.29) is 11.4 Å². The SMILES string of the molecule is CC(C)C1(CC2CC2)CCC(=O)N1. The van der Waals surface area contributed by atoms with E-state index in [0.29, 0.717) is 5.92 Å². The molecule has 13 heavy (non-hydrogen) atoms. The lowest BCUT2D eigenvalue weighted by Crippen LogP contribution is -2.46. The van der Waals surface area contributed by atoms with Crippen LogP contribution >= 0.6 is 0 Å².